The van der Waals surface area contributed by atoms with Gasteiger partial charge in [0.05, 0.1) is 0 Å². The Labute approximate surface area is 143 Å². The lowest BCUT2D eigenvalue weighted by atomic mass is 9.71. The Kier molecular flexibility index (Phi) is 5.83. The van der Waals surface area contributed by atoms with Crippen LogP contribution in [0.4, 0.5) is 0 Å². The summed E-state index contributed by atoms with van der Waals surface area (Å²) in [5, 5.41) is 7.16. The number of carbonyl (C=O) groups is 1. The van der Waals surface area contributed by atoms with Crippen LogP contribution in [-0.4, -0.2) is 29.4 Å². The molecule has 1 saturated carbocycles. The van der Waals surface area contributed by atoms with E-state index in [-0.39, 0.29) is 5.92 Å². The molecule has 22 heavy (non-hydrogen) atoms. The Hall–Kier alpha value is -0.0900. The molecule has 0 aromatic carbocycles. The van der Waals surface area contributed by atoms with Crippen molar-refractivity contribution >= 4 is 21.8 Å². The van der Waals surface area contributed by atoms with Gasteiger partial charge in [0.2, 0.25) is 5.91 Å². The molecule has 1 aliphatic carbocycles. The second-order valence-electron chi connectivity index (χ2n) is 7.81. The van der Waals surface area contributed by atoms with Crippen LogP contribution >= 0.6 is 15.9 Å². The second kappa shape index (κ2) is 7.65. The molecule has 1 amide bonds. The number of halogens is 1. The molecule has 2 aliphatic heterocycles. The second-order valence-corrected chi connectivity index (χ2v) is 9.11. The first kappa shape index (κ1) is 16.8. The molecular formula is C18H31BrN2O. The number of rotatable bonds is 0. The van der Waals surface area contributed by atoms with Crippen LogP contribution in [0.2, 0.25) is 0 Å². The maximum absolute atomic E-state index is 12.5. The highest BCUT2D eigenvalue weighted by atomic mass is 79.9. The van der Waals surface area contributed by atoms with Gasteiger partial charge in [-0.3, -0.25) is 4.79 Å². The Morgan fingerprint density at radius 1 is 1.05 bits per heavy atom. The number of fused-ring (bicyclic) bond motifs is 4. The normalized spacial score (nSPS) is 44.2. The molecule has 0 spiro atoms. The van der Waals surface area contributed by atoms with Crippen molar-refractivity contribution in [2.24, 2.45) is 17.8 Å². The number of hydrogen-bond donors (Lipinski definition) is 2. The van der Waals surface area contributed by atoms with E-state index in [4.69, 9.17) is 0 Å². The summed E-state index contributed by atoms with van der Waals surface area (Å²) in [6, 6.07) is 1.10. The fourth-order valence-corrected chi connectivity index (χ4v) is 5.49. The van der Waals surface area contributed by atoms with E-state index < -0.39 is 0 Å². The van der Waals surface area contributed by atoms with Gasteiger partial charge < -0.3 is 10.6 Å². The molecule has 6 atom stereocenters. The predicted molar refractivity (Wildman–Crippen MR) is 94.1 cm³/mol. The van der Waals surface area contributed by atoms with Crippen LogP contribution in [0, 0.1) is 17.8 Å². The van der Waals surface area contributed by atoms with Gasteiger partial charge in [0, 0.05) is 22.8 Å². The van der Waals surface area contributed by atoms with Crippen molar-refractivity contribution in [2.45, 2.75) is 81.6 Å². The number of piperidine rings is 1. The van der Waals surface area contributed by atoms with Crippen LogP contribution in [0.15, 0.2) is 0 Å². The number of alkyl halides is 1. The lowest BCUT2D eigenvalue weighted by Gasteiger charge is -2.43. The van der Waals surface area contributed by atoms with Crippen molar-refractivity contribution < 1.29 is 4.79 Å². The summed E-state index contributed by atoms with van der Waals surface area (Å²) in [6.45, 7) is 3.27. The smallest absolute Gasteiger partial charge is 0.223 e. The molecule has 2 heterocycles. The zero-order valence-electron chi connectivity index (χ0n) is 13.8. The molecule has 126 valence electrons. The van der Waals surface area contributed by atoms with Gasteiger partial charge in [-0.1, -0.05) is 35.7 Å². The quantitative estimate of drug-likeness (QED) is 0.639. The molecule has 2 bridgehead atoms. The first-order valence-electron chi connectivity index (χ1n) is 9.31. The highest BCUT2D eigenvalue weighted by Crippen LogP contribution is 2.39. The SMILES string of the molecule is CC1CCCCC2CC(CCN2)C2CCC(Br)CC2NC1=O. The van der Waals surface area contributed by atoms with E-state index in [0.29, 0.717) is 28.7 Å². The average molecular weight is 371 g/mol. The summed E-state index contributed by atoms with van der Waals surface area (Å²) in [4.78, 5) is 13.1. The zero-order valence-corrected chi connectivity index (χ0v) is 15.4. The number of nitrogens with one attached hydrogen (secondary N) is 2. The fraction of sp³-hybridized carbons (Fsp3) is 0.944. The van der Waals surface area contributed by atoms with E-state index in [2.05, 4.69) is 33.5 Å². The average Bonchev–Trinajstić information content (AvgIpc) is 2.51. The summed E-state index contributed by atoms with van der Waals surface area (Å²) in [5.41, 5.74) is 0. The van der Waals surface area contributed by atoms with Crippen molar-refractivity contribution in [2.75, 3.05) is 6.54 Å². The Morgan fingerprint density at radius 3 is 2.73 bits per heavy atom. The summed E-state index contributed by atoms with van der Waals surface area (Å²) in [6.07, 6.45) is 11.0. The molecule has 3 aliphatic rings. The first-order chi connectivity index (χ1) is 10.6. The Bertz CT molecular complexity index is 389. The highest BCUT2D eigenvalue weighted by Gasteiger charge is 2.38. The van der Waals surface area contributed by atoms with Gasteiger partial charge in [-0.25, -0.2) is 0 Å². The minimum atomic E-state index is 0.170. The highest BCUT2D eigenvalue weighted by molar-refractivity contribution is 9.09. The van der Waals surface area contributed by atoms with Crippen molar-refractivity contribution in [1.82, 2.24) is 10.6 Å². The van der Waals surface area contributed by atoms with Gasteiger partial charge in [-0.05, 0) is 63.3 Å². The lowest BCUT2D eigenvalue weighted by molar-refractivity contribution is -0.126. The summed E-state index contributed by atoms with van der Waals surface area (Å²) in [5.74, 6) is 1.95. The number of hydrogen-bond acceptors (Lipinski definition) is 2. The molecule has 6 unspecified atom stereocenters. The van der Waals surface area contributed by atoms with Crippen LogP contribution in [0.5, 0.6) is 0 Å². The van der Waals surface area contributed by atoms with Gasteiger partial charge in [-0.15, -0.1) is 0 Å². The number of carbonyl (C=O) groups excluding carboxylic acids is 1. The third kappa shape index (κ3) is 4.05. The van der Waals surface area contributed by atoms with Gasteiger partial charge in [0.15, 0.2) is 0 Å². The maximum Gasteiger partial charge on any atom is 0.223 e. The van der Waals surface area contributed by atoms with Crippen molar-refractivity contribution in [3.05, 3.63) is 0 Å². The summed E-state index contributed by atoms with van der Waals surface area (Å²) >= 11 is 3.80. The molecule has 0 radical (unpaired) electrons. The van der Waals surface area contributed by atoms with E-state index in [9.17, 15) is 4.79 Å². The molecule has 4 heteroatoms. The first-order valence-corrected chi connectivity index (χ1v) is 10.2. The summed E-state index contributed by atoms with van der Waals surface area (Å²) in [7, 11) is 0. The number of amides is 1. The van der Waals surface area contributed by atoms with E-state index in [1.54, 1.807) is 0 Å². The van der Waals surface area contributed by atoms with Crippen LogP contribution in [0.25, 0.3) is 0 Å². The van der Waals surface area contributed by atoms with Crippen LogP contribution in [-0.2, 0) is 4.79 Å². The molecule has 3 fully saturated rings. The monoisotopic (exact) mass is 370 g/mol. The zero-order chi connectivity index (χ0) is 15.5. The summed E-state index contributed by atoms with van der Waals surface area (Å²) < 4.78 is 0. The topological polar surface area (TPSA) is 41.1 Å². The largest absolute Gasteiger partial charge is 0.353 e. The standard InChI is InChI=1S/C18H31BrN2O/c1-12-4-2-3-5-15-10-13(8-9-20-15)16-7-6-14(19)11-17(16)21-18(12)22/h12-17,20H,2-11H2,1H3,(H,21,22). The predicted octanol–water partition coefficient (Wildman–Crippen LogP) is 3.61. The van der Waals surface area contributed by atoms with Crippen LogP contribution in [0.3, 0.4) is 0 Å². The molecule has 2 saturated heterocycles. The lowest BCUT2D eigenvalue weighted by Crippen LogP contribution is -2.51. The van der Waals surface area contributed by atoms with Crippen molar-refractivity contribution in [1.29, 1.82) is 0 Å². The Balaban J connectivity index is 1.76. The van der Waals surface area contributed by atoms with Gasteiger partial charge in [0.25, 0.3) is 0 Å². The maximum atomic E-state index is 12.5. The van der Waals surface area contributed by atoms with Gasteiger partial charge in [-0.2, -0.15) is 0 Å². The fourth-order valence-electron chi connectivity index (χ4n) is 4.82. The van der Waals surface area contributed by atoms with Crippen LogP contribution in [0.1, 0.15) is 64.7 Å². The third-order valence-corrected chi connectivity index (χ3v) is 7.03. The van der Waals surface area contributed by atoms with Crippen LogP contribution < -0.4 is 10.6 Å². The van der Waals surface area contributed by atoms with E-state index in [0.717, 1.165) is 18.8 Å². The van der Waals surface area contributed by atoms with Gasteiger partial charge in [0.1, 0.15) is 0 Å². The van der Waals surface area contributed by atoms with Crippen molar-refractivity contribution in [3.63, 3.8) is 0 Å². The molecule has 3 rings (SSSR count). The molecule has 0 aromatic heterocycles. The Morgan fingerprint density at radius 2 is 1.86 bits per heavy atom. The minimum Gasteiger partial charge on any atom is -0.353 e. The minimum absolute atomic E-state index is 0.170. The van der Waals surface area contributed by atoms with E-state index in [1.807, 2.05) is 0 Å². The third-order valence-electron chi connectivity index (χ3n) is 6.20. The van der Waals surface area contributed by atoms with Crippen molar-refractivity contribution in [3.8, 4) is 0 Å². The molecule has 2 N–H and O–H groups in total. The van der Waals surface area contributed by atoms with E-state index in [1.165, 1.54) is 51.5 Å². The van der Waals surface area contributed by atoms with Gasteiger partial charge >= 0.3 is 0 Å². The molecule has 0 aromatic rings. The molecule has 3 nitrogen and oxygen atoms in total. The van der Waals surface area contributed by atoms with E-state index >= 15 is 0 Å². The molecular weight excluding hydrogens is 340 g/mol.